The van der Waals surface area contributed by atoms with Gasteiger partial charge in [-0.15, -0.1) is 0 Å². The Balaban J connectivity index is 0.938. The van der Waals surface area contributed by atoms with Crippen molar-refractivity contribution in [2.24, 2.45) is 0 Å². The molecule has 0 spiro atoms. The van der Waals surface area contributed by atoms with E-state index in [1.165, 1.54) is 38.1 Å². The van der Waals surface area contributed by atoms with Gasteiger partial charge in [-0.05, 0) is 45.2 Å². The van der Waals surface area contributed by atoms with E-state index in [1.807, 2.05) is 36.4 Å². The van der Waals surface area contributed by atoms with Crippen molar-refractivity contribution in [1.29, 1.82) is 0 Å². The molecule has 0 saturated carbocycles. The van der Waals surface area contributed by atoms with Crippen molar-refractivity contribution in [3.05, 3.63) is 200 Å². The van der Waals surface area contributed by atoms with Crippen molar-refractivity contribution in [3.8, 4) is 67.4 Å². The van der Waals surface area contributed by atoms with E-state index in [-0.39, 0.29) is 0 Å². The van der Waals surface area contributed by atoms with Crippen LogP contribution in [0, 0.1) is 0 Å². The molecule has 0 radical (unpaired) electrons. The van der Waals surface area contributed by atoms with Gasteiger partial charge in [0, 0.05) is 38.4 Å². The molecular formula is C51H33N3. The standard InChI is InChI=1S/C51H33N3/c1-3-12-39(13-4-1)47-33-48(40-14-5-2-6-15-40)54-51(53-47)42-29-25-37(26-30-42)35-21-19-34(20-22-35)36-23-27-41(28-24-36)50-45-32-31-38-11-7-8-16-43(38)49(45)44-17-9-10-18-46(44)52-50/h1-33H. The lowest BCUT2D eigenvalue weighted by molar-refractivity contribution is 1.18. The van der Waals surface area contributed by atoms with Gasteiger partial charge in [0.15, 0.2) is 5.82 Å². The molecule has 54 heavy (non-hydrogen) atoms. The molecule has 0 bridgehead atoms. The van der Waals surface area contributed by atoms with E-state index in [0.29, 0.717) is 5.82 Å². The highest BCUT2D eigenvalue weighted by Gasteiger charge is 2.14. The molecule has 0 unspecified atom stereocenters. The van der Waals surface area contributed by atoms with Crippen molar-refractivity contribution in [2.75, 3.05) is 0 Å². The third-order valence-corrected chi connectivity index (χ3v) is 10.3. The molecule has 0 fully saturated rings. The molecule has 0 aliphatic heterocycles. The van der Waals surface area contributed by atoms with Crippen LogP contribution in [0.1, 0.15) is 0 Å². The van der Waals surface area contributed by atoms with Gasteiger partial charge in [0.2, 0.25) is 0 Å². The van der Waals surface area contributed by atoms with Crippen molar-refractivity contribution in [1.82, 2.24) is 15.0 Å². The van der Waals surface area contributed by atoms with Gasteiger partial charge in [0.05, 0.1) is 22.6 Å². The Morgan fingerprint density at radius 3 is 1.31 bits per heavy atom. The largest absolute Gasteiger partial charge is 0.247 e. The normalized spacial score (nSPS) is 11.3. The Morgan fingerprint density at radius 2 is 0.741 bits per heavy atom. The number of benzene rings is 8. The highest BCUT2D eigenvalue weighted by Crippen LogP contribution is 2.38. The summed E-state index contributed by atoms with van der Waals surface area (Å²) in [6.07, 6.45) is 0. The van der Waals surface area contributed by atoms with Gasteiger partial charge in [-0.2, -0.15) is 0 Å². The van der Waals surface area contributed by atoms with E-state index in [4.69, 9.17) is 15.0 Å². The zero-order valence-electron chi connectivity index (χ0n) is 29.4. The summed E-state index contributed by atoms with van der Waals surface area (Å²) in [7, 11) is 0. The van der Waals surface area contributed by atoms with Crippen LogP contribution in [-0.4, -0.2) is 15.0 Å². The summed E-state index contributed by atoms with van der Waals surface area (Å²) >= 11 is 0. The summed E-state index contributed by atoms with van der Waals surface area (Å²) in [5.74, 6) is 0.709. The monoisotopic (exact) mass is 687 g/mol. The van der Waals surface area contributed by atoms with E-state index in [2.05, 4.69) is 164 Å². The van der Waals surface area contributed by atoms with Crippen LogP contribution in [0.4, 0.5) is 0 Å². The summed E-state index contributed by atoms with van der Waals surface area (Å²) in [6.45, 7) is 0. The molecule has 8 aromatic carbocycles. The number of aromatic nitrogens is 3. The highest BCUT2D eigenvalue weighted by atomic mass is 14.9. The summed E-state index contributed by atoms with van der Waals surface area (Å²) in [4.78, 5) is 15.2. The minimum atomic E-state index is 0.709. The minimum Gasteiger partial charge on any atom is -0.247 e. The number of fused-ring (bicyclic) bond motifs is 5. The van der Waals surface area contributed by atoms with Gasteiger partial charge in [-0.3, -0.25) is 0 Å². The predicted molar refractivity (Wildman–Crippen MR) is 225 cm³/mol. The molecule has 10 aromatic rings. The van der Waals surface area contributed by atoms with Crippen LogP contribution in [0.2, 0.25) is 0 Å². The summed E-state index contributed by atoms with van der Waals surface area (Å²) in [6, 6.07) is 70.3. The van der Waals surface area contributed by atoms with E-state index in [1.54, 1.807) is 0 Å². The third kappa shape index (κ3) is 5.78. The number of pyridine rings is 1. The molecule has 0 saturated heterocycles. The first-order valence-electron chi connectivity index (χ1n) is 18.3. The van der Waals surface area contributed by atoms with Crippen LogP contribution in [0.5, 0.6) is 0 Å². The first kappa shape index (κ1) is 31.5. The van der Waals surface area contributed by atoms with Crippen LogP contribution in [0.3, 0.4) is 0 Å². The fourth-order valence-electron chi connectivity index (χ4n) is 7.52. The van der Waals surface area contributed by atoms with E-state index >= 15 is 0 Å². The predicted octanol–water partition coefficient (Wildman–Crippen LogP) is 13.3. The van der Waals surface area contributed by atoms with Crippen LogP contribution in [-0.2, 0) is 0 Å². The lowest BCUT2D eigenvalue weighted by Gasteiger charge is -2.13. The van der Waals surface area contributed by atoms with Gasteiger partial charge in [-0.25, -0.2) is 15.0 Å². The average molecular weight is 688 g/mol. The third-order valence-electron chi connectivity index (χ3n) is 10.3. The van der Waals surface area contributed by atoms with E-state index in [0.717, 1.165) is 56.0 Å². The summed E-state index contributed by atoms with van der Waals surface area (Å²) < 4.78 is 0. The fourth-order valence-corrected chi connectivity index (χ4v) is 7.52. The molecule has 0 amide bonds. The Kier molecular flexibility index (Phi) is 7.81. The Labute approximate surface area is 313 Å². The van der Waals surface area contributed by atoms with E-state index in [9.17, 15) is 0 Å². The molecular weight excluding hydrogens is 655 g/mol. The Morgan fingerprint density at radius 1 is 0.278 bits per heavy atom. The second-order valence-corrected chi connectivity index (χ2v) is 13.6. The molecule has 3 heteroatoms. The number of para-hydroxylation sites is 1. The molecule has 3 nitrogen and oxygen atoms in total. The SMILES string of the molecule is c1ccc(-c2cc(-c3ccccc3)nc(-c3ccc(-c4ccc(-c5ccc(-c6nc7ccccc7c7c6ccc6ccccc67)cc5)cc4)cc3)n2)cc1. The second-order valence-electron chi connectivity index (χ2n) is 13.6. The van der Waals surface area contributed by atoms with E-state index < -0.39 is 0 Å². The Hall–Kier alpha value is -7.23. The van der Waals surface area contributed by atoms with Gasteiger partial charge < -0.3 is 0 Å². The average Bonchev–Trinajstić information content (AvgIpc) is 3.26. The van der Waals surface area contributed by atoms with Gasteiger partial charge in [0.1, 0.15) is 0 Å². The minimum absolute atomic E-state index is 0.709. The van der Waals surface area contributed by atoms with Crippen LogP contribution < -0.4 is 0 Å². The quantitative estimate of drug-likeness (QED) is 0.163. The molecule has 0 atom stereocenters. The molecule has 252 valence electrons. The maximum Gasteiger partial charge on any atom is 0.160 e. The van der Waals surface area contributed by atoms with Crippen LogP contribution in [0.25, 0.3) is 99.9 Å². The molecule has 10 rings (SSSR count). The van der Waals surface area contributed by atoms with Crippen molar-refractivity contribution in [3.63, 3.8) is 0 Å². The zero-order chi connectivity index (χ0) is 35.8. The molecule has 2 heterocycles. The lowest BCUT2D eigenvalue weighted by Crippen LogP contribution is -1.95. The molecule has 2 aromatic heterocycles. The number of hydrogen-bond acceptors (Lipinski definition) is 3. The first-order valence-corrected chi connectivity index (χ1v) is 18.3. The maximum atomic E-state index is 5.18. The number of nitrogens with zero attached hydrogens (tertiary/aromatic N) is 3. The molecule has 0 N–H and O–H groups in total. The number of hydrogen-bond donors (Lipinski definition) is 0. The van der Waals surface area contributed by atoms with Crippen molar-refractivity contribution < 1.29 is 0 Å². The van der Waals surface area contributed by atoms with Gasteiger partial charge in [0.25, 0.3) is 0 Å². The van der Waals surface area contributed by atoms with Crippen molar-refractivity contribution in [2.45, 2.75) is 0 Å². The fraction of sp³-hybridized carbons (Fsp3) is 0. The topological polar surface area (TPSA) is 38.7 Å². The summed E-state index contributed by atoms with van der Waals surface area (Å²) in [5.41, 5.74) is 12.7. The van der Waals surface area contributed by atoms with Crippen molar-refractivity contribution >= 4 is 32.4 Å². The lowest BCUT2D eigenvalue weighted by atomic mass is 9.94. The first-order chi connectivity index (χ1) is 26.7. The zero-order valence-corrected chi connectivity index (χ0v) is 29.4. The second kappa shape index (κ2) is 13.4. The molecule has 0 aliphatic carbocycles. The Bertz CT molecular complexity index is 2860. The highest BCUT2D eigenvalue weighted by molar-refractivity contribution is 6.22. The smallest absolute Gasteiger partial charge is 0.160 e. The van der Waals surface area contributed by atoms with Gasteiger partial charge in [-0.1, -0.05) is 188 Å². The number of rotatable bonds is 6. The van der Waals surface area contributed by atoms with Crippen LogP contribution >= 0.6 is 0 Å². The van der Waals surface area contributed by atoms with Crippen LogP contribution in [0.15, 0.2) is 200 Å². The van der Waals surface area contributed by atoms with Gasteiger partial charge >= 0.3 is 0 Å². The summed E-state index contributed by atoms with van der Waals surface area (Å²) in [5, 5.41) is 6.10. The maximum absolute atomic E-state index is 5.18. The molecule has 0 aliphatic rings.